The second-order valence-corrected chi connectivity index (χ2v) is 6.46. The van der Waals surface area contributed by atoms with Crippen LogP contribution in [0.1, 0.15) is 36.8 Å². The zero-order chi connectivity index (χ0) is 21.4. The molecule has 160 valence electrons. The lowest BCUT2D eigenvalue weighted by molar-refractivity contribution is -0.137. The van der Waals surface area contributed by atoms with Crippen LogP contribution in [0, 0.1) is 0 Å². The summed E-state index contributed by atoms with van der Waals surface area (Å²) < 4.78 is 40.3. The molecule has 0 aliphatic rings. The van der Waals surface area contributed by atoms with E-state index in [1.54, 1.807) is 30.9 Å². The molecule has 1 aromatic heterocycles. The molecule has 1 atom stereocenters. The Balaban J connectivity index is 2.08. The number of aromatic nitrogens is 3. The molecule has 0 radical (unpaired) electrons. The molecular formula is C19H28F3N7. The number of likely N-dealkylation sites (N-methyl/N-ethyl adjacent to an activating group) is 1. The number of aryl methyl sites for hydroxylation is 1. The molecule has 10 heteroatoms. The maximum atomic E-state index is 12.9. The highest BCUT2D eigenvalue weighted by atomic mass is 19.4. The zero-order valence-electron chi connectivity index (χ0n) is 17.2. The Bertz CT molecular complexity index is 780. The minimum atomic E-state index is -4.34. The van der Waals surface area contributed by atoms with Crippen molar-refractivity contribution in [1.82, 2.24) is 30.3 Å². The lowest BCUT2D eigenvalue weighted by Gasteiger charge is -2.31. The fourth-order valence-electron chi connectivity index (χ4n) is 3.07. The Kier molecular flexibility index (Phi) is 8.00. The smallest absolute Gasteiger partial charge is 0.354 e. The van der Waals surface area contributed by atoms with Crippen LogP contribution in [0.2, 0.25) is 0 Å². The predicted octanol–water partition coefficient (Wildman–Crippen LogP) is 2.58. The van der Waals surface area contributed by atoms with E-state index in [1.807, 2.05) is 13.8 Å². The van der Waals surface area contributed by atoms with Crippen molar-refractivity contribution in [2.45, 2.75) is 32.6 Å². The van der Waals surface area contributed by atoms with E-state index >= 15 is 0 Å². The van der Waals surface area contributed by atoms with Gasteiger partial charge in [-0.2, -0.15) is 18.3 Å². The van der Waals surface area contributed by atoms with Crippen LogP contribution in [-0.4, -0.2) is 52.3 Å². The first kappa shape index (κ1) is 22.7. The average Bonchev–Trinajstić information content (AvgIpc) is 3.11. The topological polar surface area (TPSA) is 70.4 Å². The third-order valence-corrected chi connectivity index (χ3v) is 4.78. The number of nitrogens with zero attached hydrogens (tertiary/aromatic N) is 5. The lowest BCUT2D eigenvalue weighted by Crippen LogP contribution is -2.43. The van der Waals surface area contributed by atoms with E-state index in [0.717, 1.165) is 36.6 Å². The molecule has 2 N–H and O–H groups in total. The van der Waals surface area contributed by atoms with E-state index in [0.29, 0.717) is 19.0 Å². The minimum Gasteiger partial charge on any atom is -0.354 e. The number of rotatable bonds is 8. The summed E-state index contributed by atoms with van der Waals surface area (Å²) in [4.78, 5) is 10.6. The number of benzene rings is 1. The van der Waals surface area contributed by atoms with Gasteiger partial charge in [-0.05, 0) is 30.8 Å². The first-order chi connectivity index (χ1) is 13.8. The summed E-state index contributed by atoms with van der Waals surface area (Å²) in [6.45, 7) is 6.55. The number of nitrogens with one attached hydrogen (secondary N) is 2. The van der Waals surface area contributed by atoms with E-state index in [1.165, 1.54) is 6.33 Å². The first-order valence-corrected chi connectivity index (χ1v) is 9.48. The van der Waals surface area contributed by atoms with Gasteiger partial charge >= 0.3 is 6.18 Å². The zero-order valence-corrected chi connectivity index (χ0v) is 17.2. The molecule has 2 rings (SSSR count). The van der Waals surface area contributed by atoms with Gasteiger partial charge in [-0.1, -0.05) is 26.0 Å². The average molecular weight is 411 g/mol. The van der Waals surface area contributed by atoms with Crippen LogP contribution in [0.5, 0.6) is 0 Å². The van der Waals surface area contributed by atoms with Crippen molar-refractivity contribution in [3.63, 3.8) is 0 Å². The van der Waals surface area contributed by atoms with Crippen LogP contribution < -0.4 is 10.6 Å². The summed E-state index contributed by atoms with van der Waals surface area (Å²) in [6, 6.07) is 5.26. The maximum absolute atomic E-state index is 12.9. The Morgan fingerprint density at radius 1 is 1.17 bits per heavy atom. The lowest BCUT2D eigenvalue weighted by atomic mass is 10.0. The van der Waals surface area contributed by atoms with Gasteiger partial charge in [0.25, 0.3) is 0 Å². The standard InChI is InChI=1S/C19H28F3N7/c1-5-29(6-2)16(14-7-9-15(10-8-14)19(20,21)22)11-24-18(23-3)25-12-17-26-13-27-28(17)4/h7-10,13,16H,5-6,11-12H2,1-4H3,(H2,23,24,25). The molecule has 0 aliphatic carbocycles. The van der Waals surface area contributed by atoms with Crippen molar-refractivity contribution in [1.29, 1.82) is 0 Å². The largest absolute Gasteiger partial charge is 0.416 e. The first-order valence-electron chi connectivity index (χ1n) is 9.48. The Hall–Kier alpha value is -2.62. The molecule has 0 spiro atoms. The van der Waals surface area contributed by atoms with Gasteiger partial charge in [0.2, 0.25) is 0 Å². The Labute approximate surface area is 169 Å². The van der Waals surface area contributed by atoms with Crippen LogP contribution in [0.4, 0.5) is 13.2 Å². The van der Waals surface area contributed by atoms with Gasteiger partial charge in [0.1, 0.15) is 12.2 Å². The van der Waals surface area contributed by atoms with Gasteiger partial charge < -0.3 is 10.6 Å². The summed E-state index contributed by atoms with van der Waals surface area (Å²) in [5.74, 6) is 1.34. The van der Waals surface area contributed by atoms with Crippen LogP contribution in [-0.2, 0) is 19.8 Å². The van der Waals surface area contributed by atoms with E-state index in [2.05, 4.69) is 30.6 Å². The summed E-state index contributed by atoms with van der Waals surface area (Å²) in [5.41, 5.74) is 0.173. The Morgan fingerprint density at radius 3 is 2.31 bits per heavy atom. The van der Waals surface area contributed by atoms with Crippen LogP contribution in [0.25, 0.3) is 0 Å². The van der Waals surface area contributed by atoms with E-state index in [4.69, 9.17) is 0 Å². The maximum Gasteiger partial charge on any atom is 0.416 e. The second-order valence-electron chi connectivity index (χ2n) is 6.46. The molecule has 1 unspecified atom stereocenters. The van der Waals surface area contributed by atoms with Gasteiger partial charge in [0, 0.05) is 20.6 Å². The van der Waals surface area contributed by atoms with Crippen molar-refractivity contribution in [2.24, 2.45) is 12.0 Å². The van der Waals surface area contributed by atoms with E-state index < -0.39 is 11.7 Å². The third-order valence-electron chi connectivity index (χ3n) is 4.78. The van der Waals surface area contributed by atoms with Gasteiger partial charge in [0.15, 0.2) is 5.96 Å². The molecule has 29 heavy (non-hydrogen) atoms. The highest BCUT2D eigenvalue weighted by molar-refractivity contribution is 5.79. The number of halogens is 3. The second kappa shape index (κ2) is 10.2. The summed E-state index contributed by atoms with van der Waals surface area (Å²) in [7, 11) is 3.47. The van der Waals surface area contributed by atoms with Gasteiger partial charge in [-0.25, -0.2) is 4.98 Å². The molecule has 0 amide bonds. The SMILES string of the molecule is CCN(CC)C(CNC(=NC)NCc1ncnn1C)c1ccc(C(F)(F)F)cc1. The Morgan fingerprint density at radius 2 is 1.83 bits per heavy atom. The normalized spacial score (nSPS) is 13.6. The fourth-order valence-corrected chi connectivity index (χ4v) is 3.07. The van der Waals surface area contributed by atoms with Crippen LogP contribution in [0.15, 0.2) is 35.6 Å². The van der Waals surface area contributed by atoms with Gasteiger partial charge in [0.05, 0.1) is 18.2 Å². The molecule has 0 bridgehead atoms. The monoisotopic (exact) mass is 411 g/mol. The summed E-state index contributed by atoms with van der Waals surface area (Å²) >= 11 is 0. The molecular weight excluding hydrogens is 383 g/mol. The molecule has 0 aliphatic heterocycles. The molecule has 0 saturated heterocycles. The van der Waals surface area contributed by atoms with Crippen LogP contribution >= 0.6 is 0 Å². The van der Waals surface area contributed by atoms with Gasteiger partial charge in [-0.3, -0.25) is 14.6 Å². The fraction of sp³-hybridized carbons (Fsp3) is 0.526. The molecule has 1 heterocycles. The molecule has 2 aromatic rings. The van der Waals surface area contributed by atoms with Crippen molar-refractivity contribution >= 4 is 5.96 Å². The molecule has 7 nitrogen and oxygen atoms in total. The molecule has 1 aromatic carbocycles. The number of hydrogen-bond acceptors (Lipinski definition) is 4. The third kappa shape index (κ3) is 6.18. The predicted molar refractivity (Wildman–Crippen MR) is 106 cm³/mol. The number of hydrogen-bond donors (Lipinski definition) is 2. The van der Waals surface area contributed by atoms with Crippen LogP contribution in [0.3, 0.4) is 0 Å². The highest BCUT2D eigenvalue weighted by Crippen LogP contribution is 2.30. The van der Waals surface area contributed by atoms with Crippen molar-refractivity contribution in [3.05, 3.63) is 47.5 Å². The van der Waals surface area contributed by atoms with Crippen molar-refractivity contribution < 1.29 is 13.2 Å². The molecule has 0 fully saturated rings. The highest BCUT2D eigenvalue weighted by Gasteiger charge is 2.30. The molecule has 0 saturated carbocycles. The summed E-state index contributed by atoms with van der Waals surface area (Å²) in [6.07, 6.45) is -2.86. The number of alkyl halides is 3. The minimum absolute atomic E-state index is 0.0966. The van der Waals surface area contributed by atoms with Crippen molar-refractivity contribution in [3.8, 4) is 0 Å². The van der Waals surface area contributed by atoms with E-state index in [-0.39, 0.29) is 6.04 Å². The summed E-state index contributed by atoms with van der Waals surface area (Å²) in [5, 5.41) is 10.5. The number of guanidine groups is 1. The van der Waals surface area contributed by atoms with E-state index in [9.17, 15) is 13.2 Å². The quantitative estimate of drug-likeness (QED) is 0.516. The van der Waals surface area contributed by atoms with Gasteiger partial charge in [-0.15, -0.1) is 0 Å². The van der Waals surface area contributed by atoms with Crippen molar-refractivity contribution in [2.75, 3.05) is 26.7 Å². The number of aliphatic imine (C=N–C) groups is 1.